The van der Waals surface area contributed by atoms with E-state index in [1.165, 1.54) is 0 Å². The lowest BCUT2D eigenvalue weighted by Gasteiger charge is -2.33. The van der Waals surface area contributed by atoms with Crippen molar-refractivity contribution in [2.24, 2.45) is 5.41 Å². The fourth-order valence-electron chi connectivity index (χ4n) is 2.38. The Morgan fingerprint density at radius 3 is 2.29 bits per heavy atom. The quantitative estimate of drug-likeness (QED) is 0.779. The number of hydrogen-bond donors (Lipinski definition) is 2. The van der Waals surface area contributed by atoms with Gasteiger partial charge >= 0.3 is 18.1 Å². The van der Waals surface area contributed by atoms with Crippen LogP contribution in [-0.4, -0.2) is 52.9 Å². The van der Waals surface area contributed by atoms with Gasteiger partial charge < -0.3 is 10.2 Å². The molecule has 0 aromatic carbocycles. The maximum atomic E-state index is 12.8. The number of rotatable bonds is 3. The van der Waals surface area contributed by atoms with Crippen molar-refractivity contribution in [3.8, 4) is 0 Å². The minimum Gasteiger partial charge on any atom is -0.481 e. The van der Waals surface area contributed by atoms with E-state index in [1.807, 2.05) is 0 Å². The van der Waals surface area contributed by atoms with Gasteiger partial charge in [-0.15, -0.1) is 0 Å². The normalized spacial score (nSPS) is 30.5. The fourth-order valence-corrected chi connectivity index (χ4v) is 2.38. The van der Waals surface area contributed by atoms with E-state index in [0.29, 0.717) is 0 Å². The van der Waals surface area contributed by atoms with Crippen molar-refractivity contribution >= 4 is 11.9 Å². The summed E-state index contributed by atoms with van der Waals surface area (Å²) in [4.78, 5) is 22.5. The van der Waals surface area contributed by atoms with E-state index in [2.05, 4.69) is 0 Å². The van der Waals surface area contributed by atoms with Crippen molar-refractivity contribution in [2.45, 2.75) is 25.1 Å². The second-order valence-electron chi connectivity index (χ2n) is 4.21. The van der Waals surface area contributed by atoms with Crippen LogP contribution in [0.5, 0.6) is 0 Å². The van der Waals surface area contributed by atoms with Gasteiger partial charge in [0, 0.05) is 0 Å². The van der Waals surface area contributed by atoms with Crippen LogP contribution < -0.4 is 0 Å². The first-order valence-electron chi connectivity index (χ1n) is 4.83. The molecule has 2 atom stereocenters. The van der Waals surface area contributed by atoms with Gasteiger partial charge in [-0.3, -0.25) is 14.5 Å². The molecule has 0 bridgehead atoms. The molecular weight excluding hydrogens is 243 g/mol. The highest BCUT2D eigenvalue weighted by atomic mass is 19.4. The molecular formula is C9H12F3NO4. The molecule has 0 aromatic rings. The number of aliphatic carboxylic acids is 2. The summed E-state index contributed by atoms with van der Waals surface area (Å²) < 4.78 is 38.5. The van der Waals surface area contributed by atoms with Crippen LogP contribution >= 0.6 is 0 Å². The highest BCUT2D eigenvalue weighted by Gasteiger charge is 2.63. The Labute approximate surface area is 94.8 Å². The van der Waals surface area contributed by atoms with Crippen LogP contribution in [0.4, 0.5) is 13.2 Å². The number of carbonyl (C=O) groups is 2. The molecule has 1 aliphatic rings. The second kappa shape index (κ2) is 4.17. The van der Waals surface area contributed by atoms with Gasteiger partial charge in [-0.05, 0) is 20.0 Å². The van der Waals surface area contributed by atoms with E-state index < -0.39 is 36.0 Å². The van der Waals surface area contributed by atoms with E-state index in [-0.39, 0.29) is 13.0 Å². The summed E-state index contributed by atoms with van der Waals surface area (Å²) in [6, 6.07) is -2.26. The van der Waals surface area contributed by atoms with E-state index in [4.69, 9.17) is 10.2 Å². The van der Waals surface area contributed by atoms with Gasteiger partial charge in [0.1, 0.15) is 11.5 Å². The first-order valence-corrected chi connectivity index (χ1v) is 4.83. The van der Waals surface area contributed by atoms with E-state index >= 15 is 0 Å². The van der Waals surface area contributed by atoms with Crippen LogP contribution in [0.15, 0.2) is 0 Å². The summed E-state index contributed by atoms with van der Waals surface area (Å²) in [5, 5.41) is 17.6. The van der Waals surface area contributed by atoms with Crippen LogP contribution in [-0.2, 0) is 9.59 Å². The first kappa shape index (κ1) is 13.8. The molecule has 0 radical (unpaired) electrons. The van der Waals surface area contributed by atoms with Crippen LogP contribution in [0.2, 0.25) is 0 Å². The molecule has 1 fully saturated rings. The predicted molar refractivity (Wildman–Crippen MR) is 49.4 cm³/mol. The monoisotopic (exact) mass is 255 g/mol. The Bertz CT molecular complexity index is 344. The van der Waals surface area contributed by atoms with Crippen LogP contribution in [0.3, 0.4) is 0 Å². The minimum atomic E-state index is -4.76. The molecule has 0 amide bonds. The average molecular weight is 255 g/mol. The van der Waals surface area contributed by atoms with Crippen molar-refractivity contribution < 1.29 is 33.0 Å². The van der Waals surface area contributed by atoms with E-state index in [9.17, 15) is 22.8 Å². The maximum absolute atomic E-state index is 12.8. The van der Waals surface area contributed by atoms with Crippen molar-refractivity contribution in [3.05, 3.63) is 0 Å². The van der Waals surface area contributed by atoms with Gasteiger partial charge in [0.25, 0.3) is 0 Å². The number of alkyl halides is 3. The number of carboxylic acid groups (broad SMARTS) is 2. The molecule has 0 aromatic heterocycles. The Kier molecular flexibility index (Phi) is 3.37. The zero-order valence-corrected chi connectivity index (χ0v) is 8.99. The third-order valence-corrected chi connectivity index (χ3v) is 3.08. The SMILES string of the molecule is CN1CC[C@](CC(=O)O)(C(=O)O)[C@H]1C(F)(F)F. The lowest BCUT2D eigenvalue weighted by Crippen LogP contribution is -2.53. The summed E-state index contributed by atoms with van der Waals surface area (Å²) in [5.41, 5.74) is -2.29. The topological polar surface area (TPSA) is 77.8 Å². The average Bonchev–Trinajstić information content (AvgIpc) is 2.41. The smallest absolute Gasteiger partial charge is 0.405 e. The molecule has 0 saturated carbocycles. The molecule has 5 nitrogen and oxygen atoms in total. The minimum absolute atomic E-state index is 0.0935. The molecule has 2 N–H and O–H groups in total. The number of halogens is 3. The maximum Gasteiger partial charge on any atom is 0.405 e. The van der Waals surface area contributed by atoms with Gasteiger partial charge in [0.2, 0.25) is 0 Å². The van der Waals surface area contributed by atoms with Gasteiger partial charge in [0.15, 0.2) is 0 Å². The van der Waals surface area contributed by atoms with Gasteiger partial charge in [0.05, 0.1) is 6.42 Å². The lowest BCUT2D eigenvalue weighted by molar-refractivity contribution is -0.207. The third kappa shape index (κ3) is 2.36. The summed E-state index contributed by atoms with van der Waals surface area (Å²) in [6.45, 7) is -0.0935. The van der Waals surface area contributed by atoms with Gasteiger partial charge in [-0.25, -0.2) is 0 Å². The predicted octanol–water partition coefficient (Wildman–Crippen LogP) is 0.798. The molecule has 1 saturated heterocycles. The Morgan fingerprint density at radius 1 is 1.41 bits per heavy atom. The lowest BCUT2D eigenvalue weighted by atomic mass is 9.77. The standard InChI is InChI=1S/C9H12F3NO4/c1-13-3-2-8(7(16)17,4-5(14)15)6(13)9(10,11)12/h6H,2-4H2,1H3,(H,14,15)(H,16,17)/t6-,8+/m0/s1. The summed E-state index contributed by atoms with van der Waals surface area (Å²) in [5.74, 6) is -3.26. The second-order valence-corrected chi connectivity index (χ2v) is 4.21. The van der Waals surface area contributed by atoms with Crippen molar-refractivity contribution in [1.82, 2.24) is 4.90 Å². The Hall–Kier alpha value is -1.31. The summed E-state index contributed by atoms with van der Waals surface area (Å²) >= 11 is 0. The molecule has 1 heterocycles. The molecule has 1 rings (SSSR count). The van der Waals surface area contributed by atoms with Crippen LogP contribution in [0, 0.1) is 5.41 Å². The first-order chi connectivity index (χ1) is 7.61. The van der Waals surface area contributed by atoms with Crippen LogP contribution in [0.1, 0.15) is 12.8 Å². The van der Waals surface area contributed by atoms with E-state index in [0.717, 1.165) is 11.9 Å². The van der Waals surface area contributed by atoms with Gasteiger partial charge in [-0.1, -0.05) is 0 Å². The summed E-state index contributed by atoms with van der Waals surface area (Å²) in [6.07, 6.45) is -6.12. The number of likely N-dealkylation sites (tertiary alicyclic amines) is 1. The Balaban J connectivity index is 3.20. The third-order valence-electron chi connectivity index (χ3n) is 3.08. The largest absolute Gasteiger partial charge is 0.481 e. The Morgan fingerprint density at radius 2 is 1.94 bits per heavy atom. The molecule has 0 unspecified atom stereocenters. The number of carboxylic acids is 2. The zero-order valence-electron chi connectivity index (χ0n) is 8.99. The molecule has 17 heavy (non-hydrogen) atoms. The van der Waals surface area contributed by atoms with Crippen molar-refractivity contribution in [3.63, 3.8) is 0 Å². The van der Waals surface area contributed by atoms with Crippen molar-refractivity contribution in [2.75, 3.05) is 13.6 Å². The highest BCUT2D eigenvalue weighted by molar-refractivity contribution is 5.82. The zero-order chi connectivity index (χ0) is 13.4. The van der Waals surface area contributed by atoms with Crippen molar-refractivity contribution in [1.29, 1.82) is 0 Å². The molecule has 8 heteroatoms. The molecule has 98 valence electrons. The number of hydrogen-bond acceptors (Lipinski definition) is 3. The molecule has 0 aliphatic carbocycles. The summed E-state index contributed by atoms with van der Waals surface area (Å²) in [7, 11) is 1.14. The van der Waals surface area contributed by atoms with Crippen LogP contribution in [0.25, 0.3) is 0 Å². The fraction of sp³-hybridized carbons (Fsp3) is 0.778. The van der Waals surface area contributed by atoms with Gasteiger partial charge in [-0.2, -0.15) is 13.2 Å². The molecule has 1 aliphatic heterocycles. The molecule has 0 spiro atoms. The highest BCUT2D eigenvalue weighted by Crippen LogP contribution is 2.47. The number of nitrogens with zero attached hydrogens (tertiary/aromatic N) is 1. The van der Waals surface area contributed by atoms with E-state index in [1.54, 1.807) is 0 Å².